The molecular weight excluding hydrogens is 222 g/mol. The lowest BCUT2D eigenvalue weighted by molar-refractivity contribution is -0.131. The van der Waals surface area contributed by atoms with Crippen LogP contribution in [-0.4, -0.2) is 55.6 Å². The molecule has 1 heterocycles. The molecule has 0 spiro atoms. The van der Waals surface area contributed by atoms with E-state index in [0.717, 1.165) is 6.42 Å². The van der Waals surface area contributed by atoms with Gasteiger partial charge >= 0.3 is 0 Å². The number of ether oxygens (including phenoxy) is 1. The summed E-state index contributed by atoms with van der Waals surface area (Å²) in [4.78, 5) is 24.4. The molecule has 0 saturated carbocycles. The maximum atomic E-state index is 11.7. The van der Waals surface area contributed by atoms with E-state index in [9.17, 15) is 9.59 Å². The second kappa shape index (κ2) is 7.24. The van der Waals surface area contributed by atoms with Gasteiger partial charge in [0, 0.05) is 32.6 Å². The maximum Gasteiger partial charge on any atom is 0.224 e. The van der Waals surface area contributed by atoms with Gasteiger partial charge in [-0.1, -0.05) is 0 Å². The summed E-state index contributed by atoms with van der Waals surface area (Å²) >= 11 is 0. The molecule has 1 aliphatic rings. The van der Waals surface area contributed by atoms with Gasteiger partial charge in [-0.25, -0.2) is 0 Å². The number of carbonyl (C=O) groups is 2. The monoisotopic (exact) mass is 243 g/mol. The molecule has 17 heavy (non-hydrogen) atoms. The van der Waals surface area contributed by atoms with Gasteiger partial charge < -0.3 is 20.7 Å². The minimum atomic E-state index is -0.0458. The molecule has 1 unspecified atom stereocenters. The number of nitrogens with one attached hydrogen (secondary N) is 1. The number of nitrogens with two attached hydrogens (primary N) is 1. The Morgan fingerprint density at radius 2 is 2.24 bits per heavy atom. The lowest BCUT2D eigenvalue weighted by atomic mass is 10.2. The molecule has 1 atom stereocenters. The van der Waals surface area contributed by atoms with E-state index >= 15 is 0 Å². The maximum absolute atomic E-state index is 11.7. The summed E-state index contributed by atoms with van der Waals surface area (Å²) < 4.78 is 5.16. The first kappa shape index (κ1) is 13.9. The molecule has 1 saturated heterocycles. The van der Waals surface area contributed by atoms with E-state index in [1.807, 2.05) is 0 Å². The summed E-state index contributed by atoms with van der Waals surface area (Å²) in [6.45, 7) is 4.18. The first-order valence-electron chi connectivity index (χ1n) is 5.96. The molecule has 3 N–H and O–H groups in total. The number of carbonyl (C=O) groups excluding carboxylic acids is 2. The number of amides is 2. The number of hydrogen-bond acceptors (Lipinski definition) is 4. The Labute approximate surface area is 101 Å². The highest BCUT2D eigenvalue weighted by atomic mass is 16.5. The Balaban J connectivity index is 2.18. The molecule has 0 aromatic heterocycles. The Kier molecular flexibility index (Phi) is 5.93. The van der Waals surface area contributed by atoms with Gasteiger partial charge in [-0.2, -0.15) is 0 Å². The molecule has 0 radical (unpaired) electrons. The topological polar surface area (TPSA) is 84.7 Å². The number of nitrogens with zero attached hydrogens (tertiary/aromatic N) is 1. The van der Waals surface area contributed by atoms with Gasteiger partial charge in [-0.3, -0.25) is 9.59 Å². The molecule has 0 bridgehead atoms. The van der Waals surface area contributed by atoms with Crippen LogP contribution in [0.3, 0.4) is 0 Å². The van der Waals surface area contributed by atoms with E-state index in [2.05, 4.69) is 5.32 Å². The van der Waals surface area contributed by atoms with Crippen molar-refractivity contribution in [2.75, 3.05) is 32.8 Å². The van der Waals surface area contributed by atoms with E-state index in [1.54, 1.807) is 4.90 Å². The lowest BCUT2D eigenvalue weighted by Gasteiger charge is -2.16. The van der Waals surface area contributed by atoms with Gasteiger partial charge in [0.25, 0.3) is 0 Å². The van der Waals surface area contributed by atoms with Crippen LogP contribution in [0.5, 0.6) is 0 Å². The van der Waals surface area contributed by atoms with Crippen LogP contribution in [0.1, 0.15) is 19.8 Å². The summed E-state index contributed by atoms with van der Waals surface area (Å²) in [5, 5.41) is 2.82. The summed E-state index contributed by atoms with van der Waals surface area (Å²) in [5.41, 5.74) is 5.27. The minimum Gasteiger partial charge on any atom is -0.380 e. The van der Waals surface area contributed by atoms with Gasteiger partial charge in [-0.15, -0.1) is 0 Å². The van der Waals surface area contributed by atoms with E-state index < -0.39 is 0 Å². The summed E-state index contributed by atoms with van der Waals surface area (Å²) in [6, 6.07) is 0.0985. The lowest BCUT2D eigenvalue weighted by Crippen LogP contribution is -2.37. The summed E-state index contributed by atoms with van der Waals surface area (Å²) in [6.07, 6.45) is 1.21. The smallest absolute Gasteiger partial charge is 0.224 e. The summed E-state index contributed by atoms with van der Waals surface area (Å²) in [5.74, 6) is 0.0328. The predicted molar refractivity (Wildman–Crippen MR) is 63.3 cm³/mol. The van der Waals surface area contributed by atoms with Crippen molar-refractivity contribution in [2.45, 2.75) is 25.8 Å². The first-order chi connectivity index (χ1) is 8.13. The second-order valence-corrected chi connectivity index (χ2v) is 4.18. The van der Waals surface area contributed by atoms with E-state index in [-0.39, 0.29) is 17.9 Å². The van der Waals surface area contributed by atoms with Crippen LogP contribution in [-0.2, 0) is 14.3 Å². The molecule has 98 valence electrons. The Morgan fingerprint density at radius 1 is 1.47 bits per heavy atom. The highest BCUT2D eigenvalue weighted by Gasteiger charge is 2.26. The molecule has 0 aliphatic carbocycles. The van der Waals surface area contributed by atoms with Crippen molar-refractivity contribution in [1.29, 1.82) is 0 Å². The van der Waals surface area contributed by atoms with E-state index in [0.29, 0.717) is 39.3 Å². The Bertz CT molecular complexity index is 271. The zero-order chi connectivity index (χ0) is 12.7. The van der Waals surface area contributed by atoms with Crippen molar-refractivity contribution in [2.24, 2.45) is 5.73 Å². The fourth-order valence-electron chi connectivity index (χ4n) is 1.90. The average molecular weight is 243 g/mol. The molecular formula is C11H21N3O3. The third-order valence-electron chi connectivity index (χ3n) is 2.67. The molecule has 0 aromatic carbocycles. The normalized spacial score (nSPS) is 19.4. The average Bonchev–Trinajstić information content (AvgIpc) is 2.71. The molecule has 2 amide bonds. The molecule has 1 aliphatic heterocycles. The second-order valence-electron chi connectivity index (χ2n) is 4.18. The number of rotatable bonds is 6. The van der Waals surface area contributed by atoms with Crippen LogP contribution in [0.4, 0.5) is 0 Å². The van der Waals surface area contributed by atoms with Gasteiger partial charge in [0.1, 0.15) is 0 Å². The van der Waals surface area contributed by atoms with Crippen LogP contribution < -0.4 is 11.1 Å². The third kappa shape index (κ3) is 5.14. The highest BCUT2D eigenvalue weighted by molar-refractivity contribution is 5.77. The van der Waals surface area contributed by atoms with Crippen molar-refractivity contribution >= 4 is 11.8 Å². The fraction of sp³-hybridized carbons (Fsp3) is 0.818. The van der Waals surface area contributed by atoms with Crippen LogP contribution >= 0.6 is 0 Å². The Hall–Kier alpha value is -1.14. The van der Waals surface area contributed by atoms with Gasteiger partial charge in [0.2, 0.25) is 11.8 Å². The third-order valence-corrected chi connectivity index (χ3v) is 2.67. The Morgan fingerprint density at radius 3 is 2.88 bits per heavy atom. The van der Waals surface area contributed by atoms with E-state index in [4.69, 9.17) is 10.5 Å². The van der Waals surface area contributed by atoms with Gasteiger partial charge in [0.05, 0.1) is 19.6 Å². The molecule has 6 heteroatoms. The fourth-order valence-corrected chi connectivity index (χ4v) is 1.90. The molecule has 1 rings (SSSR count). The van der Waals surface area contributed by atoms with Gasteiger partial charge in [0.15, 0.2) is 0 Å². The predicted octanol–water partition coefficient (Wildman–Crippen LogP) is -0.911. The number of likely N-dealkylation sites (tertiary alicyclic amines) is 1. The standard InChI is InChI=1S/C11H21N3O3/c1-9(15)13-10-2-5-14(8-10)11(16)3-6-17-7-4-12/h10H,2-8,12H2,1H3,(H,13,15). The SMILES string of the molecule is CC(=O)NC1CCN(C(=O)CCOCCN)C1. The first-order valence-corrected chi connectivity index (χ1v) is 5.96. The zero-order valence-electron chi connectivity index (χ0n) is 10.3. The number of hydrogen-bond donors (Lipinski definition) is 2. The molecule has 6 nitrogen and oxygen atoms in total. The minimum absolute atomic E-state index is 0.0458. The van der Waals surface area contributed by atoms with E-state index in [1.165, 1.54) is 6.92 Å². The largest absolute Gasteiger partial charge is 0.380 e. The highest BCUT2D eigenvalue weighted by Crippen LogP contribution is 2.10. The van der Waals surface area contributed by atoms with Crippen molar-refractivity contribution in [3.05, 3.63) is 0 Å². The van der Waals surface area contributed by atoms with Crippen molar-refractivity contribution in [3.63, 3.8) is 0 Å². The van der Waals surface area contributed by atoms with Crippen molar-refractivity contribution in [3.8, 4) is 0 Å². The summed E-state index contributed by atoms with van der Waals surface area (Å²) in [7, 11) is 0. The quantitative estimate of drug-likeness (QED) is 0.591. The van der Waals surface area contributed by atoms with Crippen LogP contribution in [0, 0.1) is 0 Å². The van der Waals surface area contributed by atoms with Crippen LogP contribution in [0.2, 0.25) is 0 Å². The van der Waals surface area contributed by atoms with Gasteiger partial charge in [-0.05, 0) is 6.42 Å². The van der Waals surface area contributed by atoms with Crippen molar-refractivity contribution < 1.29 is 14.3 Å². The van der Waals surface area contributed by atoms with Crippen LogP contribution in [0.25, 0.3) is 0 Å². The van der Waals surface area contributed by atoms with Crippen molar-refractivity contribution in [1.82, 2.24) is 10.2 Å². The molecule has 0 aromatic rings. The zero-order valence-corrected chi connectivity index (χ0v) is 10.3. The molecule has 1 fully saturated rings. The van der Waals surface area contributed by atoms with Crippen LogP contribution in [0.15, 0.2) is 0 Å².